The van der Waals surface area contributed by atoms with E-state index in [9.17, 15) is 13.2 Å². The fourth-order valence-corrected chi connectivity index (χ4v) is 2.77. The number of benzene rings is 1. The molecule has 1 aromatic heterocycles. The van der Waals surface area contributed by atoms with E-state index in [2.05, 4.69) is 4.98 Å². The first-order valence-corrected chi connectivity index (χ1v) is 6.33. The van der Waals surface area contributed by atoms with E-state index in [1.807, 2.05) is 24.3 Å². The van der Waals surface area contributed by atoms with Crippen LogP contribution in [0.3, 0.4) is 0 Å². The number of aromatic nitrogens is 1. The molecule has 1 aromatic carbocycles. The van der Waals surface area contributed by atoms with Crippen LogP contribution in [-0.4, -0.2) is 4.98 Å². The van der Waals surface area contributed by atoms with E-state index in [0.717, 1.165) is 23.4 Å². The molecule has 1 aliphatic carbocycles. The first-order valence-electron chi connectivity index (χ1n) is 6.33. The van der Waals surface area contributed by atoms with Gasteiger partial charge in [-0.3, -0.25) is 4.98 Å². The molecule has 0 amide bonds. The average Bonchev–Trinajstić information content (AvgIpc) is 2.39. The van der Waals surface area contributed by atoms with E-state index < -0.39 is 17.8 Å². The summed E-state index contributed by atoms with van der Waals surface area (Å²) >= 11 is 0. The molecule has 5 heteroatoms. The van der Waals surface area contributed by atoms with Crippen LogP contribution in [0.1, 0.15) is 34.2 Å². The zero-order valence-electron chi connectivity index (χ0n) is 10.6. The molecular formula is C15H13F3N2. The van der Waals surface area contributed by atoms with Gasteiger partial charge >= 0.3 is 6.18 Å². The van der Waals surface area contributed by atoms with Crippen molar-refractivity contribution in [2.45, 2.75) is 24.6 Å². The Kier molecular flexibility index (Phi) is 3.01. The fraction of sp³-hybridized carbons (Fsp3) is 0.267. The van der Waals surface area contributed by atoms with Gasteiger partial charge in [0.25, 0.3) is 0 Å². The number of halogens is 3. The van der Waals surface area contributed by atoms with Crippen LogP contribution in [0.4, 0.5) is 13.2 Å². The summed E-state index contributed by atoms with van der Waals surface area (Å²) in [7, 11) is 0. The first-order chi connectivity index (χ1) is 9.48. The lowest BCUT2D eigenvalue weighted by Gasteiger charge is -2.35. The minimum absolute atomic E-state index is 0.0690. The van der Waals surface area contributed by atoms with Crippen LogP contribution in [0.25, 0.3) is 0 Å². The monoisotopic (exact) mass is 278 g/mol. The molecule has 2 atom stereocenters. The molecule has 0 radical (unpaired) electrons. The van der Waals surface area contributed by atoms with Crippen molar-refractivity contribution >= 4 is 0 Å². The van der Waals surface area contributed by atoms with Gasteiger partial charge in [0.15, 0.2) is 0 Å². The maximum atomic E-state index is 13.0. The number of rotatable bonds is 2. The molecule has 2 nitrogen and oxygen atoms in total. The average molecular weight is 278 g/mol. The highest BCUT2D eigenvalue weighted by Gasteiger charge is 2.38. The summed E-state index contributed by atoms with van der Waals surface area (Å²) in [5.74, 6) is -0.0727. The Morgan fingerprint density at radius 2 is 1.95 bits per heavy atom. The molecule has 0 spiro atoms. The number of pyridine rings is 1. The van der Waals surface area contributed by atoms with E-state index in [-0.39, 0.29) is 11.5 Å². The summed E-state index contributed by atoms with van der Waals surface area (Å²) in [6.07, 6.45) is -1.31. The molecule has 2 aromatic rings. The lowest BCUT2D eigenvalue weighted by molar-refractivity contribution is -0.138. The number of fused-ring (bicyclic) bond motifs is 1. The van der Waals surface area contributed by atoms with Gasteiger partial charge < -0.3 is 5.73 Å². The molecule has 2 N–H and O–H groups in total. The van der Waals surface area contributed by atoms with Gasteiger partial charge in [0, 0.05) is 24.4 Å². The van der Waals surface area contributed by atoms with Gasteiger partial charge in [0.05, 0.1) is 5.56 Å². The van der Waals surface area contributed by atoms with Crippen LogP contribution in [0.5, 0.6) is 0 Å². The summed E-state index contributed by atoms with van der Waals surface area (Å²) in [5, 5.41) is 0. The van der Waals surface area contributed by atoms with Gasteiger partial charge in [-0.2, -0.15) is 13.2 Å². The minimum Gasteiger partial charge on any atom is -0.323 e. The number of nitrogens with two attached hydrogens (primary N) is 1. The van der Waals surface area contributed by atoms with E-state index in [4.69, 9.17) is 5.73 Å². The summed E-state index contributed by atoms with van der Waals surface area (Å²) in [4.78, 5) is 3.80. The Labute approximate surface area is 114 Å². The summed E-state index contributed by atoms with van der Waals surface area (Å²) < 4.78 is 39.0. The van der Waals surface area contributed by atoms with Crippen molar-refractivity contribution in [3.8, 4) is 0 Å². The topological polar surface area (TPSA) is 38.9 Å². The van der Waals surface area contributed by atoms with Gasteiger partial charge in [-0.15, -0.1) is 0 Å². The van der Waals surface area contributed by atoms with E-state index in [1.54, 1.807) is 0 Å². The first kappa shape index (κ1) is 13.1. The molecule has 1 heterocycles. The Morgan fingerprint density at radius 3 is 2.65 bits per heavy atom. The molecule has 0 bridgehead atoms. The maximum Gasteiger partial charge on any atom is 0.416 e. The SMILES string of the molecule is NC(c1cnccc1C(F)(F)F)C1Cc2ccccc21. The van der Waals surface area contributed by atoms with Gasteiger partial charge in [-0.05, 0) is 29.2 Å². The second-order valence-corrected chi connectivity index (χ2v) is 5.00. The third-order valence-corrected chi connectivity index (χ3v) is 3.84. The molecule has 0 saturated carbocycles. The van der Waals surface area contributed by atoms with Crippen molar-refractivity contribution in [3.63, 3.8) is 0 Å². The maximum absolute atomic E-state index is 13.0. The number of hydrogen-bond donors (Lipinski definition) is 1. The smallest absolute Gasteiger partial charge is 0.323 e. The summed E-state index contributed by atoms with van der Waals surface area (Å²) in [6.45, 7) is 0. The van der Waals surface area contributed by atoms with Gasteiger partial charge in [0.1, 0.15) is 0 Å². The predicted octanol–water partition coefficient (Wildman–Crippen LogP) is 3.44. The number of alkyl halides is 3. The van der Waals surface area contributed by atoms with E-state index in [0.29, 0.717) is 6.42 Å². The Morgan fingerprint density at radius 1 is 1.20 bits per heavy atom. The largest absolute Gasteiger partial charge is 0.416 e. The summed E-state index contributed by atoms with van der Waals surface area (Å²) in [6, 6.07) is 8.01. The molecule has 2 unspecified atom stereocenters. The Balaban J connectivity index is 1.96. The van der Waals surface area contributed by atoms with Crippen molar-refractivity contribution in [2.75, 3.05) is 0 Å². The zero-order chi connectivity index (χ0) is 14.3. The van der Waals surface area contributed by atoms with Crippen molar-refractivity contribution in [1.82, 2.24) is 4.98 Å². The molecular weight excluding hydrogens is 265 g/mol. The van der Waals surface area contributed by atoms with Crippen molar-refractivity contribution in [2.24, 2.45) is 5.73 Å². The fourth-order valence-electron chi connectivity index (χ4n) is 2.77. The second kappa shape index (κ2) is 4.59. The standard InChI is InChI=1S/C15H13F3N2/c16-15(17,18)13-5-6-20-8-12(13)14(19)11-7-9-3-1-2-4-10(9)11/h1-6,8,11,14H,7,19H2. The lowest BCUT2D eigenvalue weighted by Crippen LogP contribution is -2.30. The van der Waals surface area contributed by atoms with Crippen LogP contribution in [-0.2, 0) is 12.6 Å². The molecule has 1 aliphatic rings. The normalized spacial score (nSPS) is 19.1. The highest BCUT2D eigenvalue weighted by atomic mass is 19.4. The van der Waals surface area contributed by atoms with Crippen LogP contribution in [0.2, 0.25) is 0 Å². The van der Waals surface area contributed by atoms with Crippen LogP contribution in [0, 0.1) is 0 Å². The van der Waals surface area contributed by atoms with Crippen LogP contribution in [0.15, 0.2) is 42.7 Å². The Hall–Kier alpha value is -1.88. The molecule has 0 fully saturated rings. The van der Waals surface area contributed by atoms with Crippen LogP contribution < -0.4 is 5.73 Å². The number of nitrogens with zero attached hydrogens (tertiary/aromatic N) is 1. The third-order valence-electron chi connectivity index (χ3n) is 3.84. The van der Waals surface area contributed by atoms with E-state index in [1.165, 1.54) is 6.20 Å². The lowest BCUT2D eigenvalue weighted by atomic mass is 9.71. The quantitative estimate of drug-likeness (QED) is 0.914. The molecule has 3 rings (SSSR count). The van der Waals surface area contributed by atoms with Crippen molar-refractivity contribution < 1.29 is 13.2 Å². The predicted molar refractivity (Wildman–Crippen MR) is 69.1 cm³/mol. The zero-order valence-corrected chi connectivity index (χ0v) is 10.6. The molecule has 0 saturated heterocycles. The van der Waals surface area contributed by atoms with Crippen molar-refractivity contribution in [1.29, 1.82) is 0 Å². The van der Waals surface area contributed by atoms with Crippen molar-refractivity contribution in [3.05, 3.63) is 65.0 Å². The highest BCUT2D eigenvalue weighted by molar-refractivity contribution is 5.44. The van der Waals surface area contributed by atoms with Crippen LogP contribution >= 0.6 is 0 Å². The second-order valence-electron chi connectivity index (χ2n) is 5.00. The molecule has 104 valence electrons. The van der Waals surface area contributed by atoms with Gasteiger partial charge in [0.2, 0.25) is 0 Å². The number of hydrogen-bond acceptors (Lipinski definition) is 2. The third kappa shape index (κ3) is 2.08. The van der Waals surface area contributed by atoms with Gasteiger partial charge in [-0.25, -0.2) is 0 Å². The minimum atomic E-state index is -4.40. The summed E-state index contributed by atoms with van der Waals surface area (Å²) in [5.41, 5.74) is 7.65. The molecule has 0 aliphatic heterocycles. The highest BCUT2D eigenvalue weighted by Crippen LogP contribution is 2.44. The Bertz CT molecular complexity index is 637. The van der Waals surface area contributed by atoms with E-state index >= 15 is 0 Å². The molecule has 20 heavy (non-hydrogen) atoms. The van der Waals surface area contributed by atoms with Gasteiger partial charge in [-0.1, -0.05) is 24.3 Å².